The molecule has 0 spiro atoms. The Morgan fingerprint density at radius 1 is 1.29 bits per heavy atom. The number of hydrogen-bond donors (Lipinski definition) is 2. The number of rotatable bonds is 4. The SMILES string of the molecule is CNc1nc(Cl)nc(NCc2cc(C)no2)n1. The van der Waals surface area contributed by atoms with E-state index >= 15 is 0 Å². The molecule has 0 atom stereocenters. The van der Waals surface area contributed by atoms with E-state index < -0.39 is 0 Å². The quantitative estimate of drug-likeness (QED) is 0.854. The van der Waals surface area contributed by atoms with Gasteiger partial charge in [0, 0.05) is 13.1 Å². The van der Waals surface area contributed by atoms with Gasteiger partial charge >= 0.3 is 0 Å². The summed E-state index contributed by atoms with van der Waals surface area (Å²) >= 11 is 5.74. The second-order valence-corrected chi connectivity index (χ2v) is 3.63. The Labute approximate surface area is 103 Å². The van der Waals surface area contributed by atoms with Crippen LogP contribution in [0.25, 0.3) is 0 Å². The third-order valence-electron chi connectivity index (χ3n) is 1.93. The minimum Gasteiger partial charge on any atom is -0.359 e. The average molecular weight is 255 g/mol. The van der Waals surface area contributed by atoms with E-state index in [4.69, 9.17) is 16.1 Å². The van der Waals surface area contributed by atoms with Crippen LogP contribution in [0.3, 0.4) is 0 Å². The van der Waals surface area contributed by atoms with E-state index in [1.807, 2.05) is 13.0 Å². The zero-order valence-corrected chi connectivity index (χ0v) is 10.1. The number of halogens is 1. The van der Waals surface area contributed by atoms with Crippen molar-refractivity contribution in [2.75, 3.05) is 17.7 Å². The largest absolute Gasteiger partial charge is 0.359 e. The van der Waals surface area contributed by atoms with Crippen LogP contribution in [0.1, 0.15) is 11.5 Å². The van der Waals surface area contributed by atoms with Crippen LogP contribution in [-0.4, -0.2) is 27.2 Å². The van der Waals surface area contributed by atoms with Crippen molar-refractivity contribution in [3.63, 3.8) is 0 Å². The van der Waals surface area contributed by atoms with E-state index in [2.05, 4.69) is 30.7 Å². The fraction of sp³-hybridized carbons (Fsp3) is 0.333. The lowest BCUT2D eigenvalue weighted by atomic mass is 10.4. The Bertz CT molecular complexity index is 514. The van der Waals surface area contributed by atoms with Crippen LogP contribution in [0.2, 0.25) is 5.28 Å². The van der Waals surface area contributed by atoms with Crippen LogP contribution in [0, 0.1) is 6.92 Å². The topological polar surface area (TPSA) is 88.8 Å². The minimum absolute atomic E-state index is 0.126. The summed E-state index contributed by atoms with van der Waals surface area (Å²) in [5, 5.41) is 9.66. The normalized spacial score (nSPS) is 10.3. The first-order valence-electron chi connectivity index (χ1n) is 4.93. The van der Waals surface area contributed by atoms with Gasteiger partial charge in [-0.25, -0.2) is 0 Å². The molecule has 2 heterocycles. The van der Waals surface area contributed by atoms with Crippen molar-refractivity contribution in [2.45, 2.75) is 13.5 Å². The average Bonchev–Trinajstić information content (AvgIpc) is 2.72. The highest BCUT2D eigenvalue weighted by Gasteiger charge is 2.05. The number of aromatic nitrogens is 4. The molecule has 0 unspecified atom stereocenters. The van der Waals surface area contributed by atoms with Gasteiger partial charge in [0.15, 0.2) is 5.76 Å². The molecule has 0 aliphatic carbocycles. The van der Waals surface area contributed by atoms with Crippen LogP contribution in [0.5, 0.6) is 0 Å². The van der Waals surface area contributed by atoms with Crippen molar-refractivity contribution in [3.05, 3.63) is 22.8 Å². The molecule has 0 saturated heterocycles. The van der Waals surface area contributed by atoms with Crippen molar-refractivity contribution < 1.29 is 4.52 Å². The Hall–Kier alpha value is -1.89. The van der Waals surface area contributed by atoms with Gasteiger partial charge in [0.1, 0.15) is 0 Å². The number of hydrogen-bond acceptors (Lipinski definition) is 7. The predicted octanol–water partition coefficient (Wildman–Crippen LogP) is 1.48. The number of nitrogens with one attached hydrogen (secondary N) is 2. The van der Waals surface area contributed by atoms with Crippen LogP contribution in [-0.2, 0) is 6.54 Å². The molecule has 0 aliphatic rings. The van der Waals surface area contributed by atoms with Gasteiger partial charge in [-0.3, -0.25) is 0 Å². The molecule has 2 aromatic heterocycles. The molecular weight excluding hydrogens is 244 g/mol. The maximum Gasteiger partial charge on any atom is 0.229 e. The highest BCUT2D eigenvalue weighted by Crippen LogP contribution is 2.10. The molecule has 0 radical (unpaired) electrons. The molecule has 2 rings (SSSR count). The lowest BCUT2D eigenvalue weighted by molar-refractivity contribution is 0.384. The van der Waals surface area contributed by atoms with E-state index in [0.29, 0.717) is 24.2 Å². The van der Waals surface area contributed by atoms with Gasteiger partial charge in [-0.1, -0.05) is 5.16 Å². The molecule has 0 bridgehead atoms. The summed E-state index contributed by atoms with van der Waals surface area (Å²) in [4.78, 5) is 11.9. The lowest BCUT2D eigenvalue weighted by Crippen LogP contribution is -2.06. The first-order chi connectivity index (χ1) is 8.17. The van der Waals surface area contributed by atoms with E-state index in [9.17, 15) is 0 Å². The summed E-state index contributed by atoms with van der Waals surface area (Å²) in [7, 11) is 1.70. The molecule has 0 saturated carbocycles. The van der Waals surface area contributed by atoms with Gasteiger partial charge in [-0.05, 0) is 18.5 Å². The zero-order chi connectivity index (χ0) is 12.3. The van der Waals surface area contributed by atoms with Crippen molar-refractivity contribution in [2.24, 2.45) is 0 Å². The molecule has 0 aromatic carbocycles. The summed E-state index contributed by atoms with van der Waals surface area (Å²) in [5.41, 5.74) is 0.825. The van der Waals surface area contributed by atoms with Crippen LogP contribution < -0.4 is 10.6 Å². The smallest absolute Gasteiger partial charge is 0.229 e. The van der Waals surface area contributed by atoms with Crippen LogP contribution >= 0.6 is 11.6 Å². The highest BCUT2D eigenvalue weighted by molar-refractivity contribution is 6.28. The van der Waals surface area contributed by atoms with Crippen molar-refractivity contribution in [1.29, 1.82) is 0 Å². The van der Waals surface area contributed by atoms with Gasteiger partial charge in [0.2, 0.25) is 17.2 Å². The second-order valence-electron chi connectivity index (χ2n) is 3.29. The lowest BCUT2D eigenvalue weighted by Gasteiger charge is -2.04. The van der Waals surface area contributed by atoms with Gasteiger partial charge in [0.05, 0.1) is 12.2 Å². The fourth-order valence-electron chi connectivity index (χ4n) is 1.21. The zero-order valence-electron chi connectivity index (χ0n) is 9.36. The van der Waals surface area contributed by atoms with Crippen molar-refractivity contribution in [3.8, 4) is 0 Å². The summed E-state index contributed by atoms with van der Waals surface area (Å²) in [6.45, 7) is 2.29. The maximum absolute atomic E-state index is 5.74. The molecule has 90 valence electrons. The molecular formula is C9H11ClN6O. The van der Waals surface area contributed by atoms with E-state index in [-0.39, 0.29) is 5.28 Å². The van der Waals surface area contributed by atoms with Crippen LogP contribution in [0.15, 0.2) is 10.6 Å². The first kappa shape index (κ1) is 11.6. The molecule has 7 nitrogen and oxygen atoms in total. The molecule has 2 N–H and O–H groups in total. The highest BCUT2D eigenvalue weighted by atomic mass is 35.5. The predicted molar refractivity (Wildman–Crippen MR) is 63.0 cm³/mol. The summed E-state index contributed by atoms with van der Waals surface area (Å²) in [5.74, 6) is 1.48. The number of nitrogens with zero attached hydrogens (tertiary/aromatic N) is 4. The van der Waals surface area contributed by atoms with Gasteiger partial charge < -0.3 is 15.2 Å². The molecule has 17 heavy (non-hydrogen) atoms. The van der Waals surface area contributed by atoms with E-state index in [1.165, 1.54) is 0 Å². The molecule has 0 fully saturated rings. The Morgan fingerprint density at radius 3 is 2.71 bits per heavy atom. The third-order valence-corrected chi connectivity index (χ3v) is 2.10. The Kier molecular flexibility index (Phi) is 3.38. The Balaban J connectivity index is 2.05. The fourth-order valence-corrected chi connectivity index (χ4v) is 1.37. The molecule has 8 heteroatoms. The summed E-state index contributed by atoms with van der Waals surface area (Å²) in [6, 6.07) is 1.83. The van der Waals surface area contributed by atoms with Crippen molar-refractivity contribution >= 4 is 23.5 Å². The molecule has 2 aromatic rings. The third kappa shape index (κ3) is 3.04. The second kappa shape index (κ2) is 4.96. The van der Waals surface area contributed by atoms with E-state index in [1.54, 1.807) is 7.05 Å². The van der Waals surface area contributed by atoms with Crippen LogP contribution in [0.4, 0.5) is 11.9 Å². The van der Waals surface area contributed by atoms with Gasteiger partial charge in [-0.15, -0.1) is 0 Å². The van der Waals surface area contributed by atoms with Gasteiger partial charge in [0.25, 0.3) is 0 Å². The molecule has 0 amide bonds. The number of aryl methyl sites for hydroxylation is 1. The maximum atomic E-state index is 5.74. The molecule has 0 aliphatic heterocycles. The monoisotopic (exact) mass is 254 g/mol. The summed E-state index contributed by atoms with van der Waals surface area (Å²) < 4.78 is 5.04. The number of anilines is 2. The summed E-state index contributed by atoms with van der Waals surface area (Å²) in [6.07, 6.45) is 0. The first-order valence-corrected chi connectivity index (χ1v) is 5.30. The Morgan fingerprint density at radius 2 is 2.06 bits per heavy atom. The van der Waals surface area contributed by atoms with E-state index in [0.717, 1.165) is 5.69 Å². The standard InChI is InChI=1S/C9H11ClN6O/c1-5-3-6(17-16-5)4-12-9-14-7(10)13-8(11-2)15-9/h3H,4H2,1-2H3,(H2,11,12,13,14,15). The van der Waals surface area contributed by atoms with Crippen molar-refractivity contribution in [1.82, 2.24) is 20.1 Å². The minimum atomic E-state index is 0.126. The van der Waals surface area contributed by atoms with Gasteiger partial charge in [-0.2, -0.15) is 15.0 Å².